The molecular formula is C20H28N6O. The third kappa shape index (κ3) is 4.47. The maximum absolute atomic E-state index is 12.5. The van der Waals surface area contributed by atoms with Crippen LogP contribution in [0.1, 0.15) is 37.7 Å². The highest BCUT2D eigenvalue weighted by atomic mass is 16.2. The molecule has 27 heavy (non-hydrogen) atoms. The number of nitrogens with zero attached hydrogens (tertiary/aromatic N) is 5. The first-order chi connectivity index (χ1) is 13.3. The summed E-state index contributed by atoms with van der Waals surface area (Å²) in [4.78, 5) is 25.4. The SMILES string of the molecule is O=C(NCc1ccc(-n2ccnc2)nc1)N1CCN(C2CCCCC2)CC1. The highest BCUT2D eigenvalue weighted by Gasteiger charge is 2.26. The zero-order valence-electron chi connectivity index (χ0n) is 15.8. The predicted octanol–water partition coefficient (Wildman–Crippen LogP) is 2.43. The lowest BCUT2D eigenvalue weighted by atomic mass is 9.94. The summed E-state index contributed by atoms with van der Waals surface area (Å²) in [5, 5.41) is 3.03. The molecule has 1 saturated carbocycles. The lowest BCUT2D eigenvalue weighted by Crippen LogP contribution is -2.54. The van der Waals surface area contributed by atoms with Crippen molar-refractivity contribution >= 4 is 6.03 Å². The van der Waals surface area contributed by atoms with Gasteiger partial charge in [0, 0.05) is 57.4 Å². The number of nitrogens with one attached hydrogen (secondary N) is 1. The fourth-order valence-corrected chi connectivity index (χ4v) is 4.09. The number of pyridine rings is 1. The van der Waals surface area contributed by atoms with Gasteiger partial charge >= 0.3 is 6.03 Å². The van der Waals surface area contributed by atoms with E-state index < -0.39 is 0 Å². The van der Waals surface area contributed by atoms with Gasteiger partial charge < -0.3 is 10.2 Å². The van der Waals surface area contributed by atoms with Crippen molar-refractivity contribution in [2.45, 2.75) is 44.7 Å². The summed E-state index contributed by atoms with van der Waals surface area (Å²) >= 11 is 0. The van der Waals surface area contributed by atoms with Gasteiger partial charge in [0.25, 0.3) is 0 Å². The van der Waals surface area contributed by atoms with Crippen molar-refractivity contribution in [3.8, 4) is 5.82 Å². The maximum Gasteiger partial charge on any atom is 0.317 e. The van der Waals surface area contributed by atoms with Crippen LogP contribution in [0, 0.1) is 0 Å². The summed E-state index contributed by atoms with van der Waals surface area (Å²) in [5.74, 6) is 0.821. The molecule has 4 rings (SSSR count). The van der Waals surface area contributed by atoms with Crippen molar-refractivity contribution in [1.82, 2.24) is 29.7 Å². The average molecular weight is 368 g/mol. The van der Waals surface area contributed by atoms with Gasteiger partial charge in [0.15, 0.2) is 0 Å². The summed E-state index contributed by atoms with van der Waals surface area (Å²) in [7, 11) is 0. The number of imidazole rings is 1. The number of aromatic nitrogens is 3. The van der Waals surface area contributed by atoms with E-state index in [4.69, 9.17) is 0 Å². The molecule has 0 aromatic carbocycles. The number of carbonyl (C=O) groups excluding carboxylic acids is 1. The van der Waals surface area contributed by atoms with Gasteiger partial charge in [-0.3, -0.25) is 9.47 Å². The Kier molecular flexibility index (Phi) is 5.67. The number of amides is 2. The number of rotatable bonds is 4. The summed E-state index contributed by atoms with van der Waals surface area (Å²) in [6.07, 6.45) is 13.9. The molecule has 1 aliphatic heterocycles. The van der Waals surface area contributed by atoms with Crippen LogP contribution >= 0.6 is 0 Å². The molecule has 2 aromatic heterocycles. The molecule has 1 N–H and O–H groups in total. The molecule has 7 nitrogen and oxygen atoms in total. The Balaban J connectivity index is 1.23. The van der Waals surface area contributed by atoms with E-state index in [1.807, 2.05) is 27.8 Å². The zero-order chi connectivity index (χ0) is 18.5. The Hall–Kier alpha value is -2.41. The van der Waals surface area contributed by atoms with E-state index in [0.29, 0.717) is 6.54 Å². The lowest BCUT2D eigenvalue weighted by Gasteiger charge is -2.40. The minimum Gasteiger partial charge on any atom is -0.334 e. The second-order valence-corrected chi connectivity index (χ2v) is 7.47. The monoisotopic (exact) mass is 368 g/mol. The van der Waals surface area contributed by atoms with Crippen molar-refractivity contribution in [1.29, 1.82) is 0 Å². The number of urea groups is 1. The molecule has 3 heterocycles. The Labute approximate surface area is 160 Å². The minimum absolute atomic E-state index is 0.0250. The van der Waals surface area contributed by atoms with Gasteiger partial charge in [-0.2, -0.15) is 0 Å². The first kappa shape index (κ1) is 18.0. The van der Waals surface area contributed by atoms with Crippen molar-refractivity contribution in [3.05, 3.63) is 42.6 Å². The largest absolute Gasteiger partial charge is 0.334 e. The Morgan fingerprint density at radius 1 is 1.11 bits per heavy atom. The van der Waals surface area contributed by atoms with E-state index in [-0.39, 0.29) is 6.03 Å². The first-order valence-corrected chi connectivity index (χ1v) is 10.00. The molecule has 2 fully saturated rings. The lowest BCUT2D eigenvalue weighted by molar-refractivity contribution is 0.0905. The number of carbonyl (C=O) groups is 1. The molecule has 0 spiro atoms. The molecule has 2 aromatic rings. The van der Waals surface area contributed by atoms with Crippen LogP contribution < -0.4 is 5.32 Å². The van der Waals surface area contributed by atoms with Crippen LogP contribution in [0.2, 0.25) is 0 Å². The zero-order valence-corrected chi connectivity index (χ0v) is 15.8. The van der Waals surface area contributed by atoms with Gasteiger partial charge in [-0.05, 0) is 24.5 Å². The highest BCUT2D eigenvalue weighted by Crippen LogP contribution is 2.23. The predicted molar refractivity (Wildman–Crippen MR) is 104 cm³/mol. The van der Waals surface area contributed by atoms with Crippen molar-refractivity contribution in [2.75, 3.05) is 26.2 Å². The van der Waals surface area contributed by atoms with E-state index in [1.165, 1.54) is 32.1 Å². The Bertz CT molecular complexity index is 715. The van der Waals surface area contributed by atoms with Crippen LogP contribution in [0.3, 0.4) is 0 Å². The third-order valence-corrected chi connectivity index (χ3v) is 5.71. The van der Waals surface area contributed by atoms with Gasteiger partial charge in [-0.1, -0.05) is 25.3 Å². The number of hydrogen-bond donors (Lipinski definition) is 1. The molecule has 1 saturated heterocycles. The second-order valence-electron chi connectivity index (χ2n) is 7.47. The second kappa shape index (κ2) is 8.52. The quantitative estimate of drug-likeness (QED) is 0.900. The van der Waals surface area contributed by atoms with Gasteiger partial charge in [-0.15, -0.1) is 0 Å². The van der Waals surface area contributed by atoms with Gasteiger partial charge in [0.1, 0.15) is 12.1 Å². The Morgan fingerprint density at radius 2 is 1.93 bits per heavy atom. The van der Waals surface area contributed by atoms with Crippen molar-refractivity contribution < 1.29 is 4.79 Å². The van der Waals surface area contributed by atoms with E-state index in [0.717, 1.165) is 43.6 Å². The van der Waals surface area contributed by atoms with Gasteiger partial charge in [0.2, 0.25) is 0 Å². The summed E-state index contributed by atoms with van der Waals surface area (Å²) in [6.45, 7) is 4.14. The number of hydrogen-bond acceptors (Lipinski definition) is 4. The van der Waals surface area contributed by atoms with Crippen LogP contribution in [0.5, 0.6) is 0 Å². The first-order valence-electron chi connectivity index (χ1n) is 10.00. The fraction of sp³-hybridized carbons (Fsp3) is 0.550. The summed E-state index contributed by atoms with van der Waals surface area (Å²) in [6, 6.07) is 4.69. The van der Waals surface area contributed by atoms with Crippen LogP contribution in [-0.2, 0) is 6.54 Å². The molecule has 7 heteroatoms. The summed E-state index contributed by atoms with van der Waals surface area (Å²) in [5.41, 5.74) is 0.994. The normalized spacial score (nSPS) is 19.2. The Morgan fingerprint density at radius 3 is 2.59 bits per heavy atom. The molecule has 144 valence electrons. The van der Waals surface area contributed by atoms with E-state index >= 15 is 0 Å². The average Bonchev–Trinajstić information content (AvgIpc) is 3.28. The van der Waals surface area contributed by atoms with Crippen LogP contribution in [0.15, 0.2) is 37.1 Å². The van der Waals surface area contributed by atoms with Gasteiger partial charge in [0.05, 0.1) is 0 Å². The van der Waals surface area contributed by atoms with E-state index in [1.54, 1.807) is 18.7 Å². The van der Waals surface area contributed by atoms with E-state index in [9.17, 15) is 4.79 Å². The molecule has 2 amide bonds. The van der Waals surface area contributed by atoms with E-state index in [2.05, 4.69) is 20.2 Å². The van der Waals surface area contributed by atoms with Crippen LogP contribution in [-0.4, -0.2) is 62.6 Å². The molecule has 0 radical (unpaired) electrons. The molecular weight excluding hydrogens is 340 g/mol. The minimum atomic E-state index is 0.0250. The maximum atomic E-state index is 12.5. The van der Waals surface area contributed by atoms with Gasteiger partial charge in [-0.25, -0.2) is 14.8 Å². The van der Waals surface area contributed by atoms with Crippen molar-refractivity contribution in [3.63, 3.8) is 0 Å². The topological polar surface area (TPSA) is 66.3 Å². The molecule has 0 unspecified atom stereocenters. The molecule has 0 bridgehead atoms. The standard InChI is InChI=1S/C20H28N6O/c27-20(25-12-10-24(11-13-25)18-4-2-1-3-5-18)23-15-17-6-7-19(22-14-17)26-9-8-21-16-26/h6-9,14,16,18H,1-5,10-13,15H2,(H,23,27). The van der Waals surface area contributed by atoms with Crippen molar-refractivity contribution in [2.24, 2.45) is 0 Å². The highest BCUT2D eigenvalue weighted by molar-refractivity contribution is 5.74. The fourth-order valence-electron chi connectivity index (χ4n) is 4.09. The smallest absolute Gasteiger partial charge is 0.317 e. The molecule has 1 aliphatic carbocycles. The number of piperazine rings is 1. The molecule has 2 aliphatic rings. The third-order valence-electron chi connectivity index (χ3n) is 5.71. The summed E-state index contributed by atoms with van der Waals surface area (Å²) < 4.78 is 1.86. The van der Waals surface area contributed by atoms with Crippen LogP contribution in [0.25, 0.3) is 5.82 Å². The van der Waals surface area contributed by atoms with Crippen LogP contribution in [0.4, 0.5) is 4.79 Å². The molecule has 0 atom stereocenters.